The Morgan fingerprint density at radius 2 is 1.76 bits per heavy atom. The van der Waals surface area contributed by atoms with Crippen molar-refractivity contribution in [2.45, 2.75) is 60.3 Å². The number of carbonyl (C=O) groups is 4. The van der Waals surface area contributed by atoms with Gasteiger partial charge < -0.3 is 19.5 Å². The molecule has 1 aromatic heterocycles. The average molecular weight is 570 g/mol. The average Bonchev–Trinajstić information content (AvgIpc) is 2.93. The molecule has 0 bridgehead atoms. The Hall–Kier alpha value is -3.37. The van der Waals surface area contributed by atoms with Crippen LogP contribution in [-0.2, 0) is 30.3 Å². The van der Waals surface area contributed by atoms with Crippen LogP contribution in [0.15, 0.2) is 24.3 Å². The van der Waals surface area contributed by atoms with Gasteiger partial charge in [0, 0.05) is 56.9 Å². The second-order valence-electron chi connectivity index (χ2n) is 11.3. The van der Waals surface area contributed by atoms with Gasteiger partial charge in [0.05, 0.1) is 24.3 Å². The number of fused-ring (bicyclic) bond motifs is 1. The largest absolute Gasteiger partial charge is 0.481 e. The second-order valence-corrected chi connectivity index (χ2v) is 11.3. The molecule has 3 rings (SSSR count). The fourth-order valence-electron chi connectivity index (χ4n) is 5.09. The van der Waals surface area contributed by atoms with Crippen LogP contribution in [-0.4, -0.2) is 89.6 Å². The normalized spacial score (nSPS) is 15.1. The van der Waals surface area contributed by atoms with Crippen LogP contribution in [0.4, 0.5) is 0 Å². The van der Waals surface area contributed by atoms with E-state index in [-0.39, 0.29) is 49.2 Å². The number of ketones is 1. The minimum Gasteiger partial charge on any atom is -0.481 e. The molecule has 0 spiro atoms. The first-order chi connectivity index (χ1) is 19.4. The maximum Gasteiger partial charge on any atom is 0.311 e. The van der Waals surface area contributed by atoms with Crippen LogP contribution in [0.3, 0.4) is 0 Å². The number of piperazine rings is 1. The number of amides is 1. The molecule has 2 aromatic rings. The number of carbonyl (C=O) groups excluding carboxylic acids is 3. The predicted octanol–water partition coefficient (Wildman–Crippen LogP) is 3.87. The Bertz CT molecular complexity index is 1250. The Morgan fingerprint density at radius 1 is 1.05 bits per heavy atom. The second kappa shape index (κ2) is 14.5. The van der Waals surface area contributed by atoms with Gasteiger partial charge in [0.15, 0.2) is 5.78 Å². The highest BCUT2D eigenvalue weighted by Crippen LogP contribution is 2.30. The number of nitrogens with zero attached hydrogens (tertiary/aromatic N) is 3. The lowest BCUT2D eigenvalue weighted by Crippen LogP contribution is -2.51. The quantitative estimate of drug-likeness (QED) is 0.266. The monoisotopic (exact) mass is 569 g/mol. The first-order valence-corrected chi connectivity index (χ1v) is 14.4. The smallest absolute Gasteiger partial charge is 0.311 e. The Labute approximate surface area is 242 Å². The van der Waals surface area contributed by atoms with E-state index in [0.717, 1.165) is 16.5 Å². The standard InChI is InChI=1S/C31H43N3O7/c1-6-40-20-33-12-14-34(15-13-33)29(38)22(9-11-28(36)37)18-27(35)26-17-23(19-31(4,5)30(39)41-7-2)24-10-8-21(3)16-25(24)32-26/h8,10,16-17,22H,6-7,9,11-15,18-20H2,1-5H3,(H,36,37)/t22-/m1/s1. The molecule has 1 amide bonds. The fraction of sp³-hybridized carbons (Fsp3) is 0.581. The molecule has 10 nitrogen and oxygen atoms in total. The van der Waals surface area contributed by atoms with Gasteiger partial charge in [-0.1, -0.05) is 12.1 Å². The van der Waals surface area contributed by atoms with E-state index in [9.17, 15) is 24.3 Å². The topological polar surface area (TPSA) is 126 Å². The third-order valence-electron chi connectivity index (χ3n) is 7.45. The first-order valence-electron chi connectivity index (χ1n) is 14.4. The zero-order valence-corrected chi connectivity index (χ0v) is 24.9. The molecule has 1 atom stereocenters. The van der Waals surface area contributed by atoms with Crippen LogP contribution in [0.1, 0.15) is 68.6 Å². The van der Waals surface area contributed by atoms with Gasteiger partial charge in [-0.25, -0.2) is 4.98 Å². The van der Waals surface area contributed by atoms with Gasteiger partial charge in [0.2, 0.25) is 5.91 Å². The van der Waals surface area contributed by atoms with Crippen molar-refractivity contribution in [1.29, 1.82) is 0 Å². The van der Waals surface area contributed by atoms with Gasteiger partial charge in [0.1, 0.15) is 5.69 Å². The third-order valence-corrected chi connectivity index (χ3v) is 7.45. The van der Waals surface area contributed by atoms with Crippen LogP contribution in [0, 0.1) is 18.3 Å². The number of ether oxygens (including phenoxy) is 2. The molecular formula is C31H43N3O7. The van der Waals surface area contributed by atoms with Crippen molar-refractivity contribution in [3.8, 4) is 0 Å². The highest BCUT2D eigenvalue weighted by atomic mass is 16.5. The molecule has 1 N–H and O–H groups in total. The molecule has 2 heterocycles. The van der Waals surface area contributed by atoms with Gasteiger partial charge in [0.25, 0.3) is 0 Å². The Morgan fingerprint density at radius 3 is 2.39 bits per heavy atom. The number of pyridine rings is 1. The number of hydrogen-bond donors (Lipinski definition) is 1. The van der Waals surface area contributed by atoms with Gasteiger partial charge in [-0.15, -0.1) is 0 Å². The van der Waals surface area contributed by atoms with E-state index >= 15 is 0 Å². The van der Waals surface area contributed by atoms with Crippen LogP contribution < -0.4 is 0 Å². The fourth-order valence-corrected chi connectivity index (χ4v) is 5.09. The molecule has 0 saturated carbocycles. The summed E-state index contributed by atoms with van der Waals surface area (Å²) in [5.41, 5.74) is 1.76. The van der Waals surface area contributed by atoms with Crippen molar-refractivity contribution in [3.63, 3.8) is 0 Å². The molecule has 224 valence electrons. The number of aryl methyl sites for hydroxylation is 1. The number of carboxylic acids is 1. The highest BCUT2D eigenvalue weighted by Gasteiger charge is 2.32. The molecule has 0 aliphatic carbocycles. The maximum absolute atomic E-state index is 13.6. The Balaban J connectivity index is 1.86. The number of Topliss-reactive ketones (excluding diaryl/α,β-unsaturated/α-hetero) is 1. The lowest BCUT2D eigenvalue weighted by atomic mass is 9.84. The van der Waals surface area contributed by atoms with Gasteiger partial charge in [-0.3, -0.25) is 24.1 Å². The number of aliphatic carboxylic acids is 1. The van der Waals surface area contributed by atoms with Gasteiger partial charge in [-0.05, 0) is 70.7 Å². The molecule has 0 unspecified atom stereocenters. The molecule has 1 aliphatic heterocycles. The molecule has 1 aliphatic rings. The van der Waals surface area contributed by atoms with E-state index in [1.807, 2.05) is 45.9 Å². The van der Waals surface area contributed by atoms with Crippen LogP contribution in [0.5, 0.6) is 0 Å². The van der Waals surface area contributed by atoms with Crippen LogP contribution in [0.2, 0.25) is 0 Å². The molecule has 0 radical (unpaired) electrons. The van der Waals surface area contributed by atoms with Crippen molar-refractivity contribution in [2.75, 3.05) is 46.1 Å². The summed E-state index contributed by atoms with van der Waals surface area (Å²) < 4.78 is 10.7. The van der Waals surface area contributed by atoms with E-state index in [4.69, 9.17) is 9.47 Å². The van der Waals surface area contributed by atoms with Crippen molar-refractivity contribution in [2.24, 2.45) is 11.3 Å². The number of aromatic nitrogens is 1. The summed E-state index contributed by atoms with van der Waals surface area (Å²) in [5.74, 6) is -2.66. The minimum absolute atomic E-state index is 0.0640. The van der Waals surface area contributed by atoms with Crippen molar-refractivity contribution in [3.05, 3.63) is 41.1 Å². The molecule has 41 heavy (non-hydrogen) atoms. The number of carboxylic acid groups (broad SMARTS) is 1. The van der Waals surface area contributed by atoms with Gasteiger partial charge >= 0.3 is 11.9 Å². The third kappa shape index (κ3) is 8.81. The van der Waals surface area contributed by atoms with Crippen molar-refractivity contribution in [1.82, 2.24) is 14.8 Å². The number of rotatable bonds is 14. The summed E-state index contributed by atoms with van der Waals surface area (Å²) in [4.78, 5) is 59.6. The van der Waals surface area contributed by atoms with Crippen LogP contribution >= 0.6 is 0 Å². The summed E-state index contributed by atoms with van der Waals surface area (Å²) in [6, 6.07) is 7.49. The summed E-state index contributed by atoms with van der Waals surface area (Å²) in [5, 5.41) is 10.2. The van der Waals surface area contributed by atoms with E-state index in [0.29, 0.717) is 51.5 Å². The van der Waals surface area contributed by atoms with Crippen LogP contribution in [0.25, 0.3) is 10.9 Å². The van der Waals surface area contributed by atoms with E-state index < -0.39 is 17.3 Å². The number of esters is 1. The van der Waals surface area contributed by atoms with E-state index in [2.05, 4.69) is 9.88 Å². The lowest BCUT2D eigenvalue weighted by molar-refractivity contribution is -0.153. The maximum atomic E-state index is 13.6. The molecule has 1 fully saturated rings. The Kier molecular flexibility index (Phi) is 11.4. The zero-order chi connectivity index (χ0) is 30.2. The predicted molar refractivity (Wildman–Crippen MR) is 155 cm³/mol. The molecule has 1 aromatic carbocycles. The molecule has 10 heteroatoms. The SMILES string of the molecule is CCOCN1CCN(C(=O)[C@H](CCC(=O)O)CC(=O)c2cc(CC(C)(C)C(=O)OCC)c3ccc(C)cc3n2)CC1. The first kappa shape index (κ1) is 32.1. The molecule has 1 saturated heterocycles. The van der Waals surface area contributed by atoms with E-state index in [1.165, 1.54) is 0 Å². The van der Waals surface area contributed by atoms with E-state index in [1.54, 1.807) is 17.9 Å². The summed E-state index contributed by atoms with van der Waals surface area (Å²) in [7, 11) is 0. The van der Waals surface area contributed by atoms with Crippen molar-refractivity contribution < 1.29 is 33.8 Å². The summed E-state index contributed by atoms with van der Waals surface area (Å²) in [6.07, 6.45) is 0.0454. The zero-order valence-electron chi connectivity index (χ0n) is 24.9. The summed E-state index contributed by atoms with van der Waals surface area (Å²) >= 11 is 0. The molecular weight excluding hydrogens is 526 g/mol. The highest BCUT2D eigenvalue weighted by molar-refractivity contribution is 6.00. The van der Waals surface area contributed by atoms with Crippen molar-refractivity contribution >= 4 is 34.5 Å². The number of benzene rings is 1. The summed E-state index contributed by atoms with van der Waals surface area (Å²) in [6.45, 7) is 12.9. The van der Waals surface area contributed by atoms with Gasteiger partial charge in [-0.2, -0.15) is 0 Å². The number of hydrogen-bond acceptors (Lipinski definition) is 8. The minimum atomic E-state index is -1.01. The lowest BCUT2D eigenvalue weighted by Gasteiger charge is -2.36.